The SMILES string of the molecule is COc1ccc(CNC(=O)c2ccc(NCc3ccccc3F)cn2)cc1. The van der Waals surface area contributed by atoms with Crippen molar-refractivity contribution < 1.29 is 13.9 Å². The van der Waals surface area contributed by atoms with E-state index in [1.165, 1.54) is 6.07 Å². The smallest absolute Gasteiger partial charge is 0.270 e. The second-order valence-corrected chi connectivity index (χ2v) is 5.91. The standard InChI is InChI=1S/C21H20FN3O2/c1-27-18-9-6-15(7-10-18)12-25-21(26)20-11-8-17(14-24-20)23-13-16-4-2-3-5-19(16)22/h2-11,14,23H,12-13H2,1H3,(H,25,26). The second kappa shape index (κ2) is 8.80. The highest BCUT2D eigenvalue weighted by Crippen LogP contribution is 2.13. The number of carbonyl (C=O) groups excluding carboxylic acids is 1. The molecule has 0 saturated heterocycles. The van der Waals surface area contributed by atoms with Crippen molar-refractivity contribution in [3.63, 3.8) is 0 Å². The molecule has 138 valence electrons. The van der Waals surface area contributed by atoms with Crippen molar-refractivity contribution in [2.45, 2.75) is 13.1 Å². The van der Waals surface area contributed by atoms with E-state index in [2.05, 4.69) is 15.6 Å². The second-order valence-electron chi connectivity index (χ2n) is 5.91. The fourth-order valence-electron chi connectivity index (χ4n) is 2.49. The van der Waals surface area contributed by atoms with Crippen LogP contribution >= 0.6 is 0 Å². The average molecular weight is 365 g/mol. The van der Waals surface area contributed by atoms with Crippen molar-refractivity contribution in [3.8, 4) is 5.75 Å². The van der Waals surface area contributed by atoms with Crippen LogP contribution in [0.15, 0.2) is 66.9 Å². The van der Waals surface area contributed by atoms with E-state index < -0.39 is 0 Å². The first-order valence-corrected chi connectivity index (χ1v) is 8.50. The first-order chi connectivity index (χ1) is 13.2. The fraction of sp³-hybridized carbons (Fsp3) is 0.143. The summed E-state index contributed by atoms with van der Waals surface area (Å²) in [7, 11) is 1.61. The van der Waals surface area contributed by atoms with Gasteiger partial charge in [-0.3, -0.25) is 4.79 Å². The Morgan fingerprint density at radius 3 is 2.48 bits per heavy atom. The number of carbonyl (C=O) groups is 1. The maximum Gasteiger partial charge on any atom is 0.270 e. The lowest BCUT2D eigenvalue weighted by atomic mass is 10.2. The summed E-state index contributed by atoms with van der Waals surface area (Å²) >= 11 is 0. The lowest BCUT2D eigenvalue weighted by Gasteiger charge is -2.09. The molecule has 0 unspecified atom stereocenters. The molecule has 1 aromatic heterocycles. The molecule has 5 nitrogen and oxygen atoms in total. The molecule has 0 saturated carbocycles. The fourth-order valence-corrected chi connectivity index (χ4v) is 2.49. The quantitative estimate of drug-likeness (QED) is 0.669. The van der Waals surface area contributed by atoms with E-state index in [1.807, 2.05) is 24.3 Å². The van der Waals surface area contributed by atoms with Crippen LogP contribution in [0.2, 0.25) is 0 Å². The molecule has 0 aliphatic rings. The minimum atomic E-state index is -0.258. The van der Waals surface area contributed by atoms with Gasteiger partial charge in [-0.25, -0.2) is 9.37 Å². The zero-order valence-corrected chi connectivity index (χ0v) is 14.9. The number of amides is 1. The lowest BCUT2D eigenvalue weighted by molar-refractivity contribution is 0.0946. The summed E-state index contributed by atoms with van der Waals surface area (Å²) in [6, 6.07) is 17.4. The molecule has 2 N–H and O–H groups in total. The van der Waals surface area contributed by atoms with Crippen molar-refractivity contribution in [1.82, 2.24) is 10.3 Å². The van der Waals surface area contributed by atoms with Crippen LogP contribution in [0.1, 0.15) is 21.6 Å². The van der Waals surface area contributed by atoms with Crippen LogP contribution in [0.3, 0.4) is 0 Å². The number of aromatic nitrogens is 1. The third-order valence-corrected chi connectivity index (χ3v) is 4.05. The highest BCUT2D eigenvalue weighted by molar-refractivity contribution is 5.92. The third kappa shape index (κ3) is 5.04. The van der Waals surface area contributed by atoms with E-state index in [0.29, 0.717) is 30.0 Å². The van der Waals surface area contributed by atoms with Crippen molar-refractivity contribution >= 4 is 11.6 Å². The molecule has 3 aromatic rings. The van der Waals surface area contributed by atoms with Crippen LogP contribution in [-0.2, 0) is 13.1 Å². The predicted molar refractivity (Wildman–Crippen MR) is 102 cm³/mol. The highest BCUT2D eigenvalue weighted by Gasteiger charge is 2.07. The topological polar surface area (TPSA) is 63.2 Å². The Kier molecular flexibility index (Phi) is 5.99. The number of methoxy groups -OCH3 is 1. The Morgan fingerprint density at radius 2 is 1.81 bits per heavy atom. The predicted octanol–water partition coefficient (Wildman–Crippen LogP) is 3.77. The van der Waals surface area contributed by atoms with Gasteiger partial charge in [0.15, 0.2) is 0 Å². The average Bonchev–Trinajstić information content (AvgIpc) is 2.72. The molecule has 0 aliphatic heterocycles. The van der Waals surface area contributed by atoms with Crippen LogP contribution in [0.5, 0.6) is 5.75 Å². The van der Waals surface area contributed by atoms with Crippen LogP contribution in [-0.4, -0.2) is 18.0 Å². The zero-order valence-electron chi connectivity index (χ0n) is 14.9. The number of nitrogens with zero attached hydrogens (tertiary/aromatic N) is 1. The largest absolute Gasteiger partial charge is 0.497 e. The number of ether oxygens (including phenoxy) is 1. The van der Waals surface area contributed by atoms with E-state index in [-0.39, 0.29) is 11.7 Å². The monoisotopic (exact) mass is 365 g/mol. The van der Waals surface area contributed by atoms with Gasteiger partial charge < -0.3 is 15.4 Å². The Hall–Kier alpha value is -3.41. The van der Waals surface area contributed by atoms with E-state index in [0.717, 1.165) is 11.3 Å². The van der Waals surface area contributed by atoms with E-state index in [1.54, 1.807) is 43.6 Å². The minimum Gasteiger partial charge on any atom is -0.497 e. The van der Waals surface area contributed by atoms with Gasteiger partial charge in [-0.1, -0.05) is 30.3 Å². The van der Waals surface area contributed by atoms with E-state index in [9.17, 15) is 9.18 Å². The van der Waals surface area contributed by atoms with Gasteiger partial charge in [0.2, 0.25) is 0 Å². The molecule has 0 aliphatic carbocycles. The molecule has 0 atom stereocenters. The summed E-state index contributed by atoms with van der Waals surface area (Å²) in [5.41, 5.74) is 2.57. The van der Waals surface area contributed by atoms with E-state index in [4.69, 9.17) is 4.74 Å². The van der Waals surface area contributed by atoms with Gasteiger partial charge in [-0.15, -0.1) is 0 Å². The molecular formula is C21H20FN3O2. The van der Waals surface area contributed by atoms with Gasteiger partial charge in [0.1, 0.15) is 17.3 Å². The zero-order chi connectivity index (χ0) is 19.1. The minimum absolute atomic E-state index is 0.257. The number of pyridine rings is 1. The third-order valence-electron chi connectivity index (χ3n) is 4.05. The Morgan fingerprint density at radius 1 is 1.04 bits per heavy atom. The summed E-state index contributed by atoms with van der Waals surface area (Å²) in [6.45, 7) is 0.745. The van der Waals surface area contributed by atoms with Crippen molar-refractivity contribution in [2.24, 2.45) is 0 Å². The molecule has 0 radical (unpaired) electrons. The summed E-state index contributed by atoms with van der Waals surface area (Å²) in [5.74, 6) is 0.254. The number of rotatable bonds is 7. The molecule has 6 heteroatoms. The van der Waals surface area contributed by atoms with Gasteiger partial charge in [0.05, 0.1) is 19.0 Å². The van der Waals surface area contributed by atoms with Gasteiger partial charge >= 0.3 is 0 Å². The Labute approximate surface area is 157 Å². The van der Waals surface area contributed by atoms with Gasteiger partial charge in [0, 0.05) is 18.7 Å². The summed E-state index contributed by atoms with van der Waals surface area (Å²) < 4.78 is 18.7. The van der Waals surface area contributed by atoms with Crippen molar-refractivity contribution in [2.75, 3.05) is 12.4 Å². The number of benzene rings is 2. The molecular weight excluding hydrogens is 345 g/mol. The number of halogens is 1. The maximum atomic E-state index is 13.6. The molecule has 2 aromatic carbocycles. The van der Waals surface area contributed by atoms with Crippen LogP contribution in [0, 0.1) is 5.82 Å². The lowest BCUT2D eigenvalue weighted by Crippen LogP contribution is -2.23. The maximum absolute atomic E-state index is 13.6. The summed E-state index contributed by atoms with van der Waals surface area (Å²) in [5, 5.41) is 5.92. The molecule has 1 heterocycles. The Balaban J connectivity index is 1.52. The molecule has 0 spiro atoms. The number of nitrogens with one attached hydrogen (secondary N) is 2. The van der Waals surface area contributed by atoms with Gasteiger partial charge in [-0.05, 0) is 35.9 Å². The first kappa shape index (κ1) is 18.4. The first-order valence-electron chi connectivity index (χ1n) is 8.50. The summed E-state index contributed by atoms with van der Waals surface area (Å²) in [4.78, 5) is 16.4. The normalized spacial score (nSPS) is 10.3. The van der Waals surface area contributed by atoms with Crippen LogP contribution in [0.4, 0.5) is 10.1 Å². The molecule has 3 rings (SSSR count). The van der Waals surface area contributed by atoms with Gasteiger partial charge in [-0.2, -0.15) is 0 Å². The number of anilines is 1. The summed E-state index contributed by atoms with van der Waals surface area (Å²) in [6.07, 6.45) is 1.56. The number of hydrogen-bond acceptors (Lipinski definition) is 4. The number of hydrogen-bond donors (Lipinski definition) is 2. The van der Waals surface area contributed by atoms with Crippen molar-refractivity contribution in [1.29, 1.82) is 0 Å². The highest BCUT2D eigenvalue weighted by atomic mass is 19.1. The molecule has 0 fully saturated rings. The van der Waals surface area contributed by atoms with Crippen LogP contribution < -0.4 is 15.4 Å². The molecule has 27 heavy (non-hydrogen) atoms. The molecule has 1 amide bonds. The Bertz CT molecular complexity index is 896. The van der Waals surface area contributed by atoms with Crippen LogP contribution in [0.25, 0.3) is 0 Å². The van der Waals surface area contributed by atoms with Gasteiger partial charge in [0.25, 0.3) is 5.91 Å². The van der Waals surface area contributed by atoms with Crippen molar-refractivity contribution in [3.05, 3.63) is 89.5 Å². The molecule has 0 bridgehead atoms. The van der Waals surface area contributed by atoms with E-state index >= 15 is 0 Å².